The summed E-state index contributed by atoms with van der Waals surface area (Å²) in [5.74, 6) is 1.13. The number of ether oxygens (including phenoxy) is 1. The summed E-state index contributed by atoms with van der Waals surface area (Å²) in [5, 5.41) is 2.98. The SMILES string of the molecule is COc1ccccc1NC(=O)C1CCN(C(=O)C(C)c2ccc(CC(C)C)cc2)CC1. The van der Waals surface area contributed by atoms with Crippen LogP contribution < -0.4 is 10.1 Å². The van der Waals surface area contributed by atoms with Gasteiger partial charge in [-0.25, -0.2) is 0 Å². The predicted molar refractivity (Wildman–Crippen MR) is 124 cm³/mol. The normalized spacial score (nSPS) is 15.6. The van der Waals surface area contributed by atoms with Crippen molar-refractivity contribution in [2.45, 2.75) is 46.0 Å². The Hall–Kier alpha value is -2.82. The summed E-state index contributed by atoms with van der Waals surface area (Å²) in [6.45, 7) is 7.61. The molecule has 0 aromatic heterocycles. The molecule has 1 fully saturated rings. The third-order valence-corrected chi connectivity index (χ3v) is 6.04. The van der Waals surface area contributed by atoms with Crippen LogP contribution in [0.5, 0.6) is 5.75 Å². The number of anilines is 1. The van der Waals surface area contributed by atoms with Gasteiger partial charge < -0.3 is 15.0 Å². The van der Waals surface area contributed by atoms with Gasteiger partial charge in [0.1, 0.15) is 5.75 Å². The molecule has 3 rings (SSSR count). The van der Waals surface area contributed by atoms with Crippen LogP contribution in [0.1, 0.15) is 50.7 Å². The second kappa shape index (κ2) is 10.5. The number of carbonyl (C=O) groups is 2. The number of nitrogens with zero attached hydrogens (tertiary/aromatic N) is 1. The molecule has 2 aromatic carbocycles. The van der Waals surface area contributed by atoms with Crippen molar-refractivity contribution in [3.63, 3.8) is 0 Å². The zero-order chi connectivity index (χ0) is 22.4. The van der Waals surface area contributed by atoms with Crippen LogP contribution >= 0.6 is 0 Å². The molecule has 0 spiro atoms. The second-order valence-corrected chi connectivity index (χ2v) is 8.85. The fourth-order valence-electron chi connectivity index (χ4n) is 4.18. The molecule has 1 atom stereocenters. The molecule has 0 aliphatic carbocycles. The van der Waals surface area contributed by atoms with Gasteiger partial charge in [-0.1, -0.05) is 50.2 Å². The molecule has 5 heteroatoms. The lowest BCUT2D eigenvalue weighted by Gasteiger charge is -2.33. The maximum atomic E-state index is 13.0. The number of likely N-dealkylation sites (tertiary alicyclic amines) is 1. The van der Waals surface area contributed by atoms with E-state index < -0.39 is 0 Å². The van der Waals surface area contributed by atoms with Crippen LogP contribution in [0.3, 0.4) is 0 Å². The summed E-state index contributed by atoms with van der Waals surface area (Å²) >= 11 is 0. The Morgan fingerprint density at radius 2 is 1.68 bits per heavy atom. The van der Waals surface area contributed by atoms with Gasteiger partial charge in [-0.2, -0.15) is 0 Å². The highest BCUT2D eigenvalue weighted by atomic mass is 16.5. The van der Waals surface area contributed by atoms with Crippen molar-refractivity contribution < 1.29 is 14.3 Å². The molecule has 5 nitrogen and oxygen atoms in total. The van der Waals surface area contributed by atoms with E-state index in [2.05, 4.69) is 43.4 Å². The average Bonchev–Trinajstić information content (AvgIpc) is 2.78. The number of piperidine rings is 1. The Morgan fingerprint density at radius 1 is 1.03 bits per heavy atom. The maximum absolute atomic E-state index is 13.0. The van der Waals surface area contributed by atoms with Gasteiger partial charge in [-0.3, -0.25) is 9.59 Å². The molecule has 0 saturated carbocycles. The lowest BCUT2D eigenvalue weighted by Crippen LogP contribution is -2.43. The van der Waals surface area contributed by atoms with Crippen molar-refractivity contribution in [1.82, 2.24) is 4.90 Å². The van der Waals surface area contributed by atoms with Crippen molar-refractivity contribution in [1.29, 1.82) is 0 Å². The smallest absolute Gasteiger partial charge is 0.229 e. The van der Waals surface area contributed by atoms with E-state index >= 15 is 0 Å². The zero-order valence-corrected chi connectivity index (χ0v) is 19.1. The predicted octanol–water partition coefficient (Wildman–Crippen LogP) is 4.87. The van der Waals surface area contributed by atoms with Gasteiger partial charge in [0.05, 0.1) is 18.7 Å². The first-order valence-corrected chi connectivity index (χ1v) is 11.2. The topological polar surface area (TPSA) is 58.6 Å². The van der Waals surface area contributed by atoms with Crippen LogP contribution in [0.4, 0.5) is 5.69 Å². The maximum Gasteiger partial charge on any atom is 0.229 e. The third kappa shape index (κ3) is 5.87. The molecule has 0 bridgehead atoms. The van der Waals surface area contributed by atoms with E-state index in [1.165, 1.54) is 5.56 Å². The van der Waals surface area contributed by atoms with Crippen molar-refractivity contribution in [2.24, 2.45) is 11.8 Å². The zero-order valence-electron chi connectivity index (χ0n) is 19.1. The van der Waals surface area contributed by atoms with Crippen LogP contribution in [0.2, 0.25) is 0 Å². The quantitative estimate of drug-likeness (QED) is 0.692. The number of hydrogen-bond acceptors (Lipinski definition) is 3. The number of amides is 2. The van der Waals surface area contributed by atoms with Crippen LogP contribution in [-0.2, 0) is 16.0 Å². The molecule has 1 unspecified atom stereocenters. The van der Waals surface area contributed by atoms with Gasteiger partial charge in [0.2, 0.25) is 11.8 Å². The number of hydrogen-bond donors (Lipinski definition) is 1. The standard InChI is InChI=1S/C26H34N2O3/c1-18(2)17-20-9-11-21(12-10-20)19(3)26(30)28-15-13-22(14-16-28)25(29)27-23-7-5-6-8-24(23)31-4/h5-12,18-19,22H,13-17H2,1-4H3,(H,27,29). The molecule has 1 saturated heterocycles. The summed E-state index contributed by atoms with van der Waals surface area (Å²) in [6.07, 6.45) is 2.40. The molecular weight excluding hydrogens is 388 g/mol. The second-order valence-electron chi connectivity index (χ2n) is 8.85. The molecule has 2 aromatic rings. The van der Waals surface area contributed by atoms with Gasteiger partial charge in [-0.05, 0) is 55.4 Å². The lowest BCUT2D eigenvalue weighted by molar-refractivity contribution is -0.135. The molecule has 1 aliphatic heterocycles. The molecule has 31 heavy (non-hydrogen) atoms. The fraction of sp³-hybridized carbons (Fsp3) is 0.462. The van der Waals surface area contributed by atoms with Crippen LogP contribution in [-0.4, -0.2) is 36.9 Å². The van der Waals surface area contributed by atoms with E-state index in [4.69, 9.17) is 4.74 Å². The van der Waals surface area contributed by atoms with Gasteiger partial charge in [-0.15, -0.1) is 0 Å². The van der Waals surface area contributed by atoms with E-state index in [0.717, 1.165) is 12.0 Å². The summed E-state index contributed by atoms with van der Waals surface area (Å²) in [4.78, 5) is 27.6. The van der Waals surface area contributed by atoms with E-state index in [1.54, 1.807) is 7.11 Å². The highest BCUT2D eigenvalue weighted by Crippen LogP contribution is 2.27. The Kier molecular flexibility index (Phi) is 7.72. The summed E-state index contributed by atoms with van der Waals surface area (Å²) in [5.41, 5.74) is 3.04. The number of methoxy groups -OCH3 is 1. The van der Waals surface area contributed by atoms with Crippen molar-refractivity contribution in [3.8, 4) is 5.75 Å². The first-order chi connectivity index (χ1) is 14.9. The van der Waals surface area contributed by atoms with Crippen LogP contribution in [0, 0.1) is 11.8 Å². The Morgan fingerprint density at radius 3 is 2.29 bits per heavy atom. The highest BCUT2D eigenvalue weighted by molar-refractivity contribution is 5.94. The molecule has 1 heterocycles. The van der Waals surface area contributed by atoms with Crippen molar-refractivity contribution in [2.75, 3.05) is 25.5 Å². The minimum atomic E-state index is -0.174. The molecule has 1 N–H and O–H groups in total. The van der Waals surface area contributed by atoms with Gasteiger partial charge in [0.25, 0.3) is 0 Å². The number of para-hydroxylation sites is 2. The van der Waals surface area contributed by atoms with E-state index in [1.807, 2.05) is 36.1 Å². The minimum absolute atomic E-state index is 0.00890. The van der Waals surface area contributed by atoms with Crippen LogP contribution in [0.25, 0.3) is 0 Å². The van der Waals surface area contributed by atoms with E-state index in [0.29, 0.717) is 43.3 Å². The summed E-state index contributed by atoms with van der Waals surface area (Å²) in [7, 11) is 1.59. The van der Waals surface area contributed by atoms with Crippen LogP contribution in [0.15, 0.2) is 48.5 Å². The van der Waals surface area contributed by atoms with Gasteiger partial charge >= 0.3 is 0 Å². The molecule has 2 amide bonds. The Bertz CT molecular complexity index is 884. The first kappa shape index (κ1) is 22.9. The molecule has 166 valence electrons. The molecule has 0 radical (unpaired) electrons. The third-order valence-electron chi connectivity index (χ3n) is 6.04. The summed E-state index contributed by atoms with van der Waals surface area (Å²) in [6, 6.07) is 15.8. The summed E-state index contributed by atoms with van der Waals surface area (Å²) < 4.78 is 5.31. The lowest BCUT2D eigenvalue weighted by atomic mass is 9.92. The van der Waals surface area contributed by atoms with Gasteiger partial charge in [0.15, 0.2) is 0 Å². The Balaban J connectivity index is 1.53. The minimum Gasteiger partial charge on any atom is -0.495 e. The fourth-order valence-corrected chi connectivity index (χ4v) is 4.18. The van der Waals surface area contributed by atoms with Crippen molar-refractivity contribution in [3.05, 3.63) is 59.7 Å². The Labute approximate surface area is 185 Å². The van der Waals surface area contributed by atoms with Gasteiger partial charge in [0, 0.05) is 19.0 Å². The van der Waals surface area contributed by atoms with E-state index in [9.17, 15) is 9.59 Å². The van der Waals surface area contributed by atoms with E-state index in [-0.39, 0.29) is 23.7 Å². The molecular formula is C26H34N2O3. The average molecular weight is 423 g/mol. The monoisotopic (exact) mass is 422 g/mol. The first-order valence-electron chi connectivity index (χ1n) is 11.2. The molecule has 1 aliphatic rings. The number of benzene rings is 2. The number of rotatable bonds is 7. The number of carbonyl (C=O) groups excluding carboxylic acids is 2. The largest absolute Gasteiger partial charge is 0.495 e. The van der Waals surface area contributed by atoms with Crippen molar-refractivity contribution >= 4 is 17.5 Å². The highest BCUT2D eigenvalue weighted by Gasteiger charge is 2.30. The number of nitrogens with one attached hydrogen (secondary N) is 1.